The Hall–Kier alpha value is -0.610. The third-order valence-corrected chi connectivity index (χ3v) is 2.73. The average molecular weight is 216 g/mol. The van der Waals surface area contributed by atoms with Crippen LogP contribution in [0.5, 0.6) is 0 Å². The highest BCUT2D eigenvalue weighted by Gasteiger charge is 2.17. The maximum absolute atomic E-state index is 11.7. The average Bonchev–Trinajstić information content (AvgIpc) is 2.21. The maximum atomic E-state index is 11.7. The predicted octanol–water partition coefficient (Wildman–Crippen LogP) is 0.725. The summed E-state index contributed by atoms with van der Waals surface area (Å²) in [6.07, 6.45) is 0. The first-order valence-electron chi connectivity index (χ1n) is 5.46. The molecule has 0 aromatic carbocycles. The minimum Gasteiger partial charge on any atom is -0.383 e. The SMILES string of the molecule is COCCNCC(=O)N(C)C(C)C(C)C. The van der Waals surface area contributed by atoms with Gasteiger partial charge in [0.25, 0.3) is 0 Å². The van der Waals surface area contributed by atoms with Crippen LogP contribution in [0.25, 0.3) is 0 Å². The fourth-order valence-corrected chi connectivity index (χ4v) is 1.17. The lowest BCUT2D eigenvalue weighted by Gasteiger charge is -2.28. The molecule has 0 aliphatic rings. The standard InChI is InChI=1S/C11H24N2O2/c1-9(2)10(3)13(4)11(14)8-12-6-7-15-5/h9-10,12H,6-8H2,1-5H3. The van der Waals surface area contributed by atoms with Crippen molar-refractivity contribution in [2.24, 2.45) is 5.92 Å². The zero-order valence-corrected chi connectivity index (χ0v) is 10.5. The van der Waals surface area contributed by atoms with E-state index in [9.17, 15) is 4.79 Å². The molecule has 0 saturated carbocycles. The highest BCUT2D eigenvalue weighted by Crippen LogP contribution is 2.07. The Bertz CT molecular complexity index is 183. The van der Waals surface area contributed by atoms with Crippen molar-refractivity contribution in [3.05, 3.63) is 0 Å². The van der Waals surface area contributed by atoms with Gasteiger partial charge in [-0.25, -0.2) is 0 Å². The molecule has 0 spiro atoms. The van der Waals surface area contributed by atoms with Crippen LogP contribution in [-0.2, 0) is 9.53 Å². The van der Waals surface area contributed by atoms with Gasteiger partial charge in [-0.15, -0.1) is 0 Å². The monoisotopic (exact) mass is 216 g/mol. The van der Waals surface area contributed by atoms with Gasteiger partial charge in [-0.1, -0.05) is 13.8 Å². The lowest BCUT2D eigenvalue weighted by atomic mass is 10.1. The first-order chi connectivity index (χ1) is 7.00. The van der Waals surface area contributed by atoms with Crippen molar-refractivity contribution in [2.75, 3.05) is 33.9 Å². The Morgan fingerprint density at radius 1 is 1.40 bits per heavy atom. The number of carbonyl (C=O) groups excluding carboxylic acids is 1. The van der Waals surface area contributed by atoms with Gasteiger partial charge < -0.3 is 15.0 Å². The molecule has 15 heavy (non-hydrogen) atoms. The van der Waals surface area contributed by atoms with Crippen LogP contribution in [0.3, 0.4) is 0 Å². The zero-order valence-electron chi connectivity index (χ0n) is 10.5. The second-order valence-corrected chi connectivity index (χ2v) is 4.16. The molecule has 0 aromatic rings. The fraction of sp³-hybridized carbons (Fsp3) is 0.909. The summed E-state index contributed by atoms with van der Waals surface area (Å²) in [4.78, 5) is 13.5. The number of likely N-dealkylation sites (N-methyl/N-ethyl adjacent to an activating group) is 1. The Balaban J connectivity index is 3.79. The fourth-order valence-electron chi connectivity index (χ4n) is 1.17. The molecule has 4 heteroatoms. The molecule has 1 N–H and O–H groups in total. The van der Waals surface area contributed by atoms with E-state index in [0.717, 1.165) is 0 Å². The summed E-state index contributed by atoms with van der Waals surface area (Å²) < 4.78 is 4.88. The van der Waals surface area contributed by atoms with Gasteiger partial charge in [0.2, 0.25) is 5.91 Å². The van der Waals surface area contributed by atoms with Gasteiger partial charge in [-0.05, 0) is 12.8 Å². The third kappa shape index (κ3) is 5.74. The molecular weight excluding hydrogens is 192 g/mol. The second kappa shape index (κ2) is 7.65. The van der Waals surface area contributed by atoms with Crippen LogP contribution in [0, 0.1) is 5.92 Å². The van der Waals surface area contributed by atoms with E-state index in [0.29, 0.717) is 25.6 Å². The molecule has 0 saturated heterocycles. The third-order valence-electron chi connectivity index (χ3n) is 2.73. The van der Waals surface area contributed by atoms with Crippen LogP contribution in [-0.4, -0.2) is 50.7 Å². The molecule has 90 valence electrons. The highest BCUT2D eigenvalue weighted by atomic mass is 16.5. The van der Waals surface area contributed by atoms with Gasteiger partial charge in [0.05, 0.1) is 13.2 Å². The number of amides is 1. The molecule has 1 unspecified atom stereocenters. The van der Waals surface area contributed by atoms with Gasteiger partial charge in [-0.3, -0.25) is 4.79 Å². The molecule has 0 rings (SSSR count). The normalized spacial score (nSPS) is 12.9. The van der Waals surface area contributed by atoms with Crippen LogP contribution < -0.4 is 5.32 Å². The van der Waals surface area contributed by atoms with Crippen molar-refractivity contribution in [1.29, 1.82) is 0 Å². The molecule has 0 radical (unpaired) electrons. The highest BCUT2D eigenvalue weighted by molar-refractivity contribution is 5.78. The van der Waals surface area contributed by atoms with Gasteiger partial charge in [0.1, 0.15) is 0 Å². The zero-order chi connectivity index (χ0) is 11.8. The lowest BCUT2D eigenvalue weighted by Crippen LogP contribution is -2.43. The summed E-state index contributed by atoms with van der Waals surface area (Å²) in [6, 6.07) is 0.279. The van der Waals surface area contributed by atoms with E-state index in [1.54, 1.807) is 12.0 Å². The minimum absolute atomic E-state index is 0.132. The van der Waals surface area contributed by atoms with E-state index in [-0.39, 0.29) is 11.9 Å². The van der Waals surface area contributed by atoms with Crippen LogP contribution in [0.4, 0.5) is 0 Å². The second-order valence-electron chi connectivity index (χ2n) is 4.16. The van der Waals surface area contributed by atoms with Crippen LogP contribution >= 0.6 is 0 Å². The Morgan fingerprint density at radius 2 is 2.00 bits per heavy atom. The molecule has 0 bridgehead atoms. The van der Waals surface area contributed by atoms with Crippen LogP contribution in [0.2, 0.25) is 0 Å². The molecule has 1 atom stereocenters. The Labute approximate surface area is 93.0 Å². The predicted molar refractivity (Wildman–Crippen MR) is 61.8 cm³/mol. The van der Waals surface area contributed by atoms with Gasteiger partial charge in [-0.2, -0.15) is 0 Å². The van der Waals surface area contributed by atoms with Crippen molar-refractivity contribution in [3.63, 3.8) is 0 Å². The Kier molecular flexibility index (Phi) is 7.34. The summed E-state index contributed by atoms with van der Waals surface area (Å²) in [7, 11) is 3.50. The van der Waals surface area contributed by atoms with Crippen molar-refractivity contribution in [3.8, 4) is 0 Å². The summed E-state index contributed by atoms with van der Waals surface area (Å²) >= 11 is 0. The minimum atomic E-state index is 0.132. The largest absolute Gasteiger partial charge is 0.383 e. The van der Waals surface area contributed by atoms with Gasteiger partial charge >= 0.3 is 0 Å². The smallest absolute Gasteiger partial charge is 0.236 e. The summed E-state index contributed by atoms with van der Waals surface area (Å²) in [5, 5.41) is 3.04. The van der Waals surface area contributed by atoms with Crippen molar-refractivity contribution >= 4 is 5.91 Å². The van der Waals surface area contributed by atoms with Crippen LogP contribution in [0.1, 0.15) is 20.8 Å². The number of nitrogens with zero attached hydrogens (tertiary/aromatic N) is 1. The van der Waals surface area contributed by atoms with E-state index in [2.05, 4.69) is 26.1 Å². The maximum Gasteiger partial charge on any atom is 0.236 e. The molecule has 0 heterocycles. The number of rotatable bonds is 7. The van der Waals surface area contributed by atoms with E-state index >= 15 is 0 Å². The molecule has 4 nitrogen and oxygen atoms in total. The topological polar surface area (TPSA) is 41.6 Å². The Morgan fingerprint density at radius 3 is 2.47 bits per heavy atom. The summed E-state index contributed by atoms with van der Waals surface area (Å²) in [6.45, 7) is 8.04. The van der Waals surface area contributed by atoms with Gasteiger partial charge in [0.15, 0.2) is 0 Å². The van der Waals surface area contributed by atoms with E-state index in [4.69, 9.17) is 4.74 Å². The summed E-state index contributed by atoms with van der Waals surface area (Å²) in [5.41, 5.74) is 0. The molecular formula is C11H24N2O2. The van der Waals surface area contributed by atoms with E-state index < -0.39 is 0 Å². The van der Waals surface area contributed by atoms with Crippen LogP contribution in [0.15, 0.2) is 0 Å². The molecule has 0 aliphatic carbocycles. The number of hydrogen-bond donors (Lipinski definition) is 1. The number of ether oxygens (including phenoxy) is 1. The molecule has 1 amide bonds. The summed E-state index contributed by atoms with van der Waals surface area (Å²) in [5.74, 6) is 0.616. The van der Waals surface area contributed by atoms with Crippen molar-refractivity contribution < 1.29 is 9.53 Å². The number of methoxy groups -OCH3 is 1. The number of hydrogen-bond acceptors (Lipinski definition) is 3. The van der Waals surface area contributed by atoms with Gasteiger partial charge in [0, 0.05) is 26.7 Å². The lowest BCUT2D eigenvalue weighted by molar-refractivity contribution is -0.131. The number of nitrogens with one attached hydrogen (secondary N) is 1. The first kappa shape index (κ1) is 14.4. The van der Waals surface area contributed by atoms with E-state index in [1.165, 1.54) is 0 Å². The van der Waals surface area contributed by atoms with Crippen molar-refractivity contribution in [1.82, 2.24) is 10.2 Å². The van der Waals surface area contributed by atoms with Crippen molar-refractivity contribution in [2.45, 2.75) is 26.8 Å². The molecule has 0 aliphatic heterocycles. The number of carbonyl (C=O) groups is 1. The van der Waals surface area contributed by atoms with E-state index in [1.807, 2.05) is 7.05 Å². The molecule has 0 aromatic heterocycles. The molecule has 0 fully saturated rings. The first-order valence-corrected chi connectivity index (χ1v) is 5.46. The quantitative estimate of drug-likeness (QED) is 0.638.